The van der Waals surface area contributed by atoms with Gasteiger partial charge >= 0.3 is 0 Å². The molecular weight excluding hydrogens is 929 g/mol. The van der Waals surface area contributed by atoms with Gasteiger partial charge in [-0.15, -0.1) is 45.3 Å². The Hall–Kier alpha value is -2.42. The molecule has 0 saturated carbocycles. The first-order chi connectivity index (χ1) is 29.3. The molecule has 0 aliphatic rings. The third-order valence-electron chi connectivity index (χ3n) is 9.79. The lowest BCUT2D eigenvalue weighted by molar-refractivity contribution is 0.0694. The van der Waals surface area contributed by atoms with Crippen LogP contribution in [-0.4, -0.2) is 126 Å². The highest BCUT2D eigenvalue weighted by Gasteiger charge is 2.43. The van der Waals surface area contributed by atoms with E-state index in [1.54, 1.807) is 32.1 Å². The van der Waals surface area contributed by atoms with Crippen molar-refractivity contribution < 1.29 is 74.8 Å². The van der Waals surface area contributed by atoms with E-state index in [4.69, 9.17) is 33.5 Å². The van der Waals surface area contributed by atoms with Crippen LogP contribution in [0, 0.1) is 0 Å². The van der Waals surface area contributed by atoms with E-state index in [0.717, 1.165) is 42.2 Å². The van der Waals surface area contributed by atoms with Gasteiger partial charge < -0.3 is 48.8 Å². The molecule has 2 atom stereocenters. The Balaban J connectivity index is 1.91. The molecule has 0 fully saturated rings. The smallest absolute Gasteiger partial charge is 0.299 e. The highest BCUT2D eigenvalue weighted by atomic mass is 32.2. The van der Waals surface area contributed by atoms with Gasteiger partial charge in [0.2, 0.25) is 0 Å². The second-order valence-electron chi connectivity index (χ2n) is 14.8. The zero-order valence-corrected chi connectivity index (χ0v) is 40.7. The van der Waals surface area contributed by atoms with Gasteiger partial charge in [-0.1, -0.05) is 48.5 Å². The van der Waals surface area contributed by atoms with Gasteiger partial charge in [-0.25, -0.2) is 0 Å². The number of thiophene rings is 4. The summed E-state index contributed by atoms with van der Waals surface area (Å²) in [6, 6.07) is 3.83. The summed E-state index contributed by atoms with van der Waals surface area (Å²) in [5, 5.41) is 37.6. The molecule has 22 heteroatoms. The van der Waals surface area contributed by atoms with Crippen molar-refractivity contribution in [2.75, 3.05) is 79.3 Å². The molecule has 4 rings (SSSR count). The molecule has 2 unspecified atom stereocenters. The first kappa shape index (κ1) is 52.2. The number of aliphatic hydroxyl groups is 4. The van der Waals surface area contributed by atoms with Crippen molar-refractivity contribution in [2.24, 2.45) is 0 Å². The lowest BCUT2D eigenvalue weighted by atomic mass is 9.77. The van der Waals surface area contributed by atoms with E-state index in [2.05, 4.69) is 0 Å². The van der Waals surface area contributed by atoms with Crippen LogP contribution in [0.5, 0.6) is 23.0 Å². The Morgan fingerprint density at radius 1 is 0.613 bits per heavy atom. The summed E-state index contributed by atoms with van der Waals surface area (Å²) < 4.78 is 109. The fourth-order valence-electron chi connectivity index (χ4n) is 6.48. The molecule has 4 aromatic heterocycles. The molecule has 6 N–H and O–H groups in total. The van der Waals surface area contributed by atoms with Crippen molar-refractivity contribution in [1.29, 1.82) is 0 Å². The summed E-state index contributed by atoms with van der Waals surface area (Å²) in [5.74, 6) is -0.864. The Morgan fingerprint density at radius 2 is 1.15 bits per heavy atom. The molecule has 0 aliphatic carbocycles. The van der Waals surface area contributed by atoms with Crippen LogP contribution in [0.25, 0.3) is 9.75 Å². The molecule has 0 radical (unpaired) electrons. The first-order valence-electron chi connectivity index (χ1n) is 19.9. The van der Waals surface area contributed by atoms with Crippen LogP contribution in [-0.2, 0) is 41.5 Å². The molecule has 16 nitrogen and oxygen atoms in total. The predicted molar refractivity (Wildman–Crippen MR) is 240 cm³/mol. The van der Waals surface area contributed by atoms with Gasteiger partial charge in [-0.05, 0) is 18.4 Å². The van der Waals surface area contributed by atoms with Crippen molar-refractivity contribution in [3.63, 3.8) is 0 Å². The predicted octanol–water partition coefficient (Wildman–Crippen LogP) is 6.53. The highest BCUT2D eigenvalue weighted by molar-refractivity contribution is 7.86. The summed E-state index contributed by atoms with van der Waals surface area (Å²) in [6.07, 6.45) is 0.700. The van der Waals surface area contributed by atoms with Crippen LogP contribution in [0.2, 0.25) is 0 Å². The SMILES string of the molecule is CCc1sc(-c2sc(C(C)C(C)(C)c3sc(C(C)c4sc(C(C)C)c(S(=O)(=O)O)c4OCCO)c(S(=O)(=O)O)c3OCCOCCO)cc2OCCO)cc1OCCOCCO. The van der Waals surface area contributed by atoms with Gasteiger partial charge in [0.25, 0.3) is 20.2 Å². The highest BCUT2D eigenvalue weighted by Crippen LogP contribution is 2.57. The maximum atomic E-state index is 13.6. The molecule has 0 aliphatic heterocycles. The molecule has 350 valence electrons. The fourth-order valence-corrected chi connectivity index (χ4v) is 14.4. The Kier molecular flexibility index (Phi) is 19.5. The third-order valence-corrected chi connectivity index (χ3v) is 18.0. The van der Waals surface area contributed by atoms with E-state index >= 15 is 0 Å². The summed E-state index contributed by atoms with van der Waals surface area (Å²) in [6.45, 7) is 12.2. The molecule has 0 amide bonds. The van der Waals surface area contributed by atoms with Crippen LogP contribution >= 0.6 is 45.3 Å². The number of rotatable bonds is 28. The minimum absolute atomic E-state index is 0.0111. The van der Waals surface area contributed by atoms with Gasteiger partial charge in [0.15, 0.2) is 21.3 Å². The fraction of sp³-hybridized carbons (Fsp3) is 0.600. The second kappa shape index (κ2) is 23.2. The maximum absolute atomic E-state index is 13.6. The van der Waals surface area contributed by atoms with Crippen molar-refractivity contribution >= 4 is 65.6 Å². The van der Waals surface area contributed by atoms with E-state index in [9.17, 15) is 41.3 Å². The third kappa shape index (κ3) is 12.5. The molecule has 0 bridgehead atoms. The monoisotopic (exact) mass is 986 g/mol. The Bertz CT molecular complexity index is 2270. The van der Waals surface area contributed by atoms with Gasteiger partial charge in [-0.2, -0.15) is 16.8 Å². The lowest BCUT2D eigenvalue weighted by Gasteiger charge is -2.31. The molecule has 0 saturated heterocycles. The van der Waals surface area contributed by atoms with E-state index in [1.165, 1.54) is 11.3 Å². The number of aryl methyl sites for hydroxylation is 1. The summed E-state index contributed by atoms with van der Waals surface area (Å²) in [4.78, 5) is 3.56. The number of ether oxygens (including phenoxy) is 6. The van der Waals surface area contributed by atoms with Gasteiger partial charge in [0, 0.05) is 42.8 Å². The quantitative estimate of drug-likeness (QED) is 0.0262. The van der Waals surface area contributed by atoms with Crippen LogP contribution in [0.4, 0.5) is 0 Å². The number of hydrogen-bond donors (Lipinski definition) is 6. The van der Waals surface area contributed by atoms with Crippen LogP contribution in [0.15, 0.2) is 21.9 Å². The zero-order chi connectivity index (χ0) is 46.0. The van der Waals surface area contributed by atoms with E-state index in [1.807, 2.05) is 39.8 Å². The largest absolute Gasteiger partial charge is 0.490 e. The van der Waals surface area contributed by atoms with Gasteiger partial charge in [0.1, 0.15) is 37.9 Å². The lowest BCUT2D eigenvalue weighted by Crippen LogP contribution is -2.24. The second-order valence-corrected chi connectivity index (χ2v) is 21.9. The maximum Gasteiger partial charge on any atom is 0.299 e. The summed E-state index contributed by atoms with van der Waals surface area (Å²) in [7, 11) is -9.90. The molecule has 62 heavy (non-hydrogen) atoms. The topological polar surface area (TPSA) is 245 Å². The van der Waals surface area contributed by atoms with Crippen molar-refractivity contribution in [1.82, 2.24) is 0 Å². The molecule has 0 spiro atoms. The van der Waals surface area contributed by atoms with Gasteiger partial charge in [0.05, 0.1) is 72.4 Å². The van der Waals surface area contributed by atoms with Crippen LogP contribution in [0.3, 0.4) is 0 Å². The zero-order valence-electron chi connectivity index (χ0n) is 35.8. The summed E-state index contributed by atoms with van der Waals surface area (Å²) in [5.41, 5.74) is -0.943. The van der Waals surface area contributed by atoms with Crippen molar-refractivity contribution in [3.05, 3.63) is 41.4 Å². The standard InChI is InChI=1S/C40H58O16S6/c1-8-28-26(54-19-17-51-13-9-41)21-30(57-28)36-27(53-15-11-43)22-29(58-36)25(5)40(6,7)39-32(56-20-18-52-14-10-42)38(62(48,49)50)35(60-39)24(4)34-31(55-16-12-44)37(61(45,46)47)33(59-34)23(2)3/h21-25,41-44H,8-20H2,1-7H3,(H,45,46,47)(H,48,49,50). The Labute approximate surface area is 379 Å². The molecule has 4 aromatic rings. The summed E-state index contributed by atoms with van der Waals surface area (Å²) >= 11 is 5.08. The normalized spacial score (nSPS) is 13.5. The van der Waals surface area contributed by atoms with Crippen LogP contribution < -0.4 is 18.9 Å². The minimum Gasteiger partial charge on any atom is -0.490 e. The number of hydrogen-bond acceptors (Lipinski definition) is 18. The molecule has 0 aromatic carbocycles. The first-order valence-corrected chi connectivity index (χ1v) is 26.1. The van der Waals surface area contributed by atoms with Crippen molar-refractivity contribution in [2.45, 2.75) is 87.8 Å². The Morgan fingerprint density at radius 3 is 1.69 bits per heavy atom. The van der Waals surface area contributed by atoms with Crippen molar-refractivity contribution in [3.8, 4) is 32.8 Å². The average molecular weight is 987 g/mol. The van der Waals surface area contributed by atoms with Crippen LogP contribution in [0.1, 0.15) is 95.5 Å². The van der Waals surface area contributed by atoms with E-state index < -0.39 is 53.9 Å². The average Bonchev–Trinajstić information content (AvgIpc) is 4.01. The minimum atomic E-state index is -5.05. The molecule has 4 heterocycles. The molecular formula is C40H58O16S6. The van der Waals surface area contributed by atoms with E-state index in [-0.39, 0.29) is 98.1 Å². The van der Waals surface area contributed by atoms with Gasteiger partial charge in [-0.3, -0.25) is 9.11 Å². The van der Waals surface area contributed by atoms with E-state index in [0.29, 0.717) is 29.4 Å². The number of aliphatic hydroxyl groups excluding tert-OH is 4.